The largest absolute Gasteiger partial charge is 0.326 e. The van der Waals surface area contributed by atoms with Gasteiger partial charge in [-0.1, -0.05) is 13.8 Å². The van der Waals surface area contributed by atoms with Crippen molar-refractivity contribution in [3.05, 3.63) is 67.0 Å². The molecule has 1 aromatic heterocycles. The Bertz CT molecular complexity index is 1020. The van der Waals surface area contributed by atoms with Gasteiger partial charge in [-0.05, 0) is 67.0 Å². The Morgan fingerprint density at radius 1 is 1.33 bits per heavy atom. The second kappa shape index (κ2) is 7.28. The summed E-state index contributed by atoms with van der Waals surface area (Å²) >= 11 is 0. The van der Waals surface area contributed by atoms with Gasteiger partial charge in [0, 0.05) is 22.4 Å². The third kappa shape index (κ3) is 3.72. The number of hydrogen-bond donors (Lipinski definition) is 1. The number of H-pyrrole nitrogens is 1. The lowest BCUT2D eigenvalue weighted by molar-refractivity contribution is 0.103. The van der Waals surface area contributed by atoms with E-state index >= 15 is 0 Å². The van der Waals surface area contributed by atoms with Gasteiger partial charge in [0.2, 0.25) is 0 Å². The first-order chi connectivity index (χ1) is 12.8. The highest BCUT2D eigenvalue weighted by Gasteiger charge is 2.29. The van der Waals surface area contributed by atoms with Crippen LogP contribution in [0.15, 0.2) is 28.2 Å². The van der Waals surface area contributed by atoms with Gasteiger partial charge in [-0.25, -0.2) is 0 Å². The van der Waals surface area contributed by atoms with Crippen molar-refractivity contribution >= 4 is 11.5 Å². The highest BCUT2D eigenvalue weighted by molar-refractivity contribution is 6.11. The van der Waals surface area contributed by atoms with Crippen LogP contribution in [0.4, 0.5) is 5.69 Å². The molecule has 0 aliphatic heterocycles. The third-order valence-electron chi connectivity index (χ3n) is 4.98. The van der Waals surface area contributed by atoms with Gasteiger partial charge in [0.1, 0.15) is 5.69 Å². The molecule has 0 unspecified atom stereocenters. The van der Waals surface area contributed by atoms with E-state index in [1.165, 1.54) is 18.2 Å². The minimum Gasteiger partial charge on any atom is -0.326 e. The SMILES string of the molecule is Cc1[nH]c(=O)c(C(C)C)c(C(=O)c2cc(C#N)cc(N=O)c2)c1CC1CC1. The fourth-order valence-corrected chi connectivity index (χ4v) is 3.46. The van der Waals surface area contributed by atoms with Crippen LogP contribution in [0.2, 0.25) is 0 Å². The molecule has 0 atom stereocenters. The van der Waals surface area contributed by atoms with E-state index in [9.17, 15) is 19.8 Å². The van der Waals surface area contributed by atoms with Crippen LogP contribution in [0.5, 0.6) is 0 Å². The van der Waals surface area contributed by atoms with E-state index < -0.39 is 0 Å². The van der Waals surface area contributed by atoms with E-state index in [1.807, 2.05) is 26.8 Å². The molecular formula is C21H21N3O3. The Morgan fingerprint density at radius 3 is 2.59 bits per heavy atom. The number of nitriles is 1. The van der Waals surface area contributed by atoms with Crippen molar-refractivity contribution in [2.75, 3.05) is 0 Å². The number of nitrogens with zero attached hydrogens (tertiary/aromatic N) is 2. The van der Waals surface area contributed by atoms with Crippen molar-refractivity contribution in [2.24, 2.45) is 11.1 Å². The van der Waals surface area contributed by atoms with Gasteiger partial charge in [-0.3, -0.25) is 9.59 Å². The molecule has 0 bridgehead atoms. The molecule has 0 radical (unpaired) electrons. The lowest BCUT2D eigenvalue weighted by atomic mass is 9.86. The molecule has 1 saturated carbocycles. The molecule has 1 aromatic carbocycles. The summed E-state index contributed by atoms with van der Waals surface area (Å²) in [5, 5.41) is 12.1. The van der Waals surface area contributed by atoms with Crippen LogP contribution >= 0.6 is 0 Å². The second-order valence-corrected chi connectivity index (χ2v) is 7.45. The minimum atomic E-state index is -0.342. The number of rotatable bonds is 6. The van der Waals surface area contributed by atoms with Crippen molar-refractivity contribution in [3.8, 4) is 6.07 Å². The van der Waals surface area contributed by atoms with Crippen molar-refractivity contribution in [3.63, 3.8) is 0 Å². The Hall–Kier alpha value is -3.07. The van der Waals surface area contributed by atoms with Gasteiger partial charge in [0.15, 0.2) is 5.78 Å². The van der Waals surface area contributed by atoms with E-state index in [0.717, 1.165) is 24.8 Å². The van der Waals surface area contributed by atoms with Crippen LogP contribution in [0.1, 0.15) is 70.9 Å². The molecule has 6 heteroatoms. The average molecular weight is 363 g/mol. The number of carbonyl (C=O) groups is 1. The molecule has 27 heavy (non-hydrogen) atoms. The van der Waals surface area contributed by atoms with Crippen molar-refractivity contribution in [1.82, 2.24) is 4.98 Å². The maximum Gasteiger partial charge on any atom is 0.252 e. The van der Waals surface area contributed by atoms with Crippen LogP contribution in [0, 0.1) is 29.1 Å². The predicted molar refractivity (Wildman–Crippen MR) is 102 cm³/mol. The average Bonchev–Trinajstić information content (AvgIpc) is 3.46. The van der Waals surface area contributed by atoms with E-state index in [0.29, 0.717) is 22.7 Å². The highest BCUT2D eigenvalue weighted by Crippen LogP contribution is 2.36. The molecule has 1 aliphatic rings. The minimum absolute atomic E-state index is 0.0220. The van der Waals surface area contributed by atoms with E-state index in [2.05, 4.69) is 10.2 Å². The van der Waals surface area contributed by atoms with Gasteiger partial charge >= 0.3 is 0 Å². The molecule has 1 aliphatic carbocycles. The van der Waals surface area contributed by atoms with Crippen LogP contribution in [0.25, 0.3) is 0 Å². The van der Waals surface area contributed by atoms with Crippen LogP contribution < -0.4 is 5.56 Å². The van der Waals surface area contributed by atoms with Gasteiger partial charge in [0.25, 0.3) is 5.56 Å². The number of benzene rings is 1. The lowest BCUT2D eigenvalue weighted by Gasteiger charge is -2.18. The summed E-state index contributed by atoms with van der Waals surface area (Å²) in [5.74, 6) is 0.0402. The summed E-state index contributed by atoms with van der Waals surface area (Å²) < 4.78 is 0. The zero-order valence-corrected chi connectivity index (χ0v) is 15.6. The maximum absolute atomic E-state index is 13.4. The summed E-state index contributed by atoms with van der Waals surface area (Å²) in [7, 11) is 0. The summed E-state index contributed by atoms with van der Waals surface area (Å²) in [4.78, 5) is 39.9. The van der Waals surface area contributed by atoms with Crippen molar-refractivity contribution in [2.45, 2.75) is 46.0 Å². The number of nitroso groups, excluding NO2 is 1. The fourth-order valence-electron chi connectivity index (χ4n) is 3.46. The van der Waals surface area contributed by atoms with Crippen LogP contribution in [-0.4, -0.2) is 10.8 Å². The first-order valence-corrected chi connectivity index (χ1v) is 9.04. The molecule has 3 rings (SSSR count). The van der Waals surface area contributed by atoms with Crippen LogP contribution in [0.3, 0.4) is 0 Å². The van der Waals surface area contributed by atoms with Crippen molar-refractivity contribution in [1.29, 1.82) is 5.26 Å². The highest BCUT2D eigenvalue weighted by atomic mass is 16.3. The molecule has 6 nitrogen and oxygen atoms in total. The topological polar surface area (TPSA) is 103 Å². The monoisotopic (exact) mass is 363 g/mol. The van der Waals surface area contributed by atoms with Gasteiger partial charge in [-0.2, -0.15) is 5.26 Å². The zero-order chi connectivity index (χ0) is 19.7. The molecule has 0 spiro atoms. The number of aromatic nitrogens is 1. The van der Waals surface area contributed by atoms with Crippen molar-refractivity contribution < 1.29 is 4.79 Å². The van der Waals surface area contributed by atoms with Gasteiger partial charge < -0.3 is 4.98 Å². The number of aryl methyl sites for hydroxylation is 1. The summed E-state index contributed by atoms with van der Waals surface area (Å²) in [6.45, 7) is 5.56. The molecule has 2 aromatic rings. The van der Waals surface area contributed by atoms with E-state index in [1.54, 1.807) is 0 Å². The molecule has 0 saturated heterocycles. The van der Waals surface area contributed by atoms with E-state index in [4.69, 9.17) is 0 Å². The number of pyridine rings is 1. The number of carbonyl (C=O) groups excluding carboxylic acids is 1. The smallest absolute Gasteiger partial charge is 0.252 e. The summed E-state index contributed by atoms with van der Waals surface area (Å²) in [5.41, 5.74) is 2.55. The molecule has 138 valence electrons. The molecule has 0 amide bonds. The van der Waals surface area contributed by atoms with Crippen LogP contribution in [-0.2, 0) is 6.42 Å². The molecule has 1 N–H and O–H groups in total. The van der Waals surface area contributed by atoms with Gasteiger partial charge in [-0.15, -0.1) is 4.91 Å². The Morgan fingerprint density at radius 2 is 2.04 bits per heavy atom. The number of aromatic amines is 1. The van der Waals surface area contributed by atoms with Gasteiger partial charge in [0.05, 0.1) is 11.6 Å². The Kier molecular flexibility index (Phi) is 5.04. The molecular weight excluding hydrogens is 342 g/mol. The normalized spacial score (nSPS) is 13.4. The number of hydrogen-bond acceptors (Lipinski definition) is 5. The lowest BCUT2D eigenvalue weighted by Crippen LogP contribution is -2.24. The second-order valence-electron chi connectivity index (χ2n) is 7.45. The summed E-state index contributed by atoms with van der Waals surface area (Å²) in [6, 6.07) is 6.10. The predicted octanol–water partition coefficient (Wildman–Crippen LogP) is 4.26. The summed E-state index contributed by atoms with van der Waals surface area (Å²) in [6.07, 6.45) is 2.97. The zero-order valence-electron chi connectivity index (χ0n) is 15.6. The molecule has 1 fully saturated rings. The Labute approximate surface area is 157 Å². The first kappa shape index (κ1) is 18.7. The maximum atomic E-state index is 13.4. The fraction of sp³-hybridized carbons (Fsp3) is 0.381. The number of ketones is 1. The number of nitrogens with one attached hydrogen (secondary N) is 1. The third-order valence-corrected chi connectivity index (χ3v) is 4.98. The van der Waals surface area contributed by atoms with E-state index in [-0.39, 0.29) is 34.1 Å². The molecule has 1 heterocycles. The first-order valence-electron chi connectivity index (χ1n) is 9.04. The quantitative estimate of drug-likeness (QED) is 0.611. The Balaban J connectivity index is 2.25. The standard InChI is InChI=1S/C21H21N3O3/c1-11(2)18-19(17(8-13-4-5-13)12(3)23-21(18)26)20(25)15-6-14(10-22)7-16(9-15)24-27/h6-7,9,11,13H,4-5,8H2,1-3H3,(H,23,26).